The molecular formula is C14H28N2O3S. The Morgan fingerprint density at radius 3 is 2.30 bits per heavy atom. The van der Waals surface area contributed by atoms with Crippen molar-refractivity contribution in [3.8, 4) is 0 Å². The highest BCUT2D eigenvalue weighted by molar-refractivity contribution is 7.89. The Balaban J connectivity index is 2.66. The second-order valence-corrected chi connectivity index (χ2v) is 8.55. The van der Waals surface area contributed by atoms with E-state index in [4.69, 9.17) is 0 Å². The minimum absolute atomic E-state index is 0.102. The van der Waals surface area contributed by atoms with E-state index in [-0.39, 0.29) is 11.7 Å². The van der Waals surface area contributed by atoms with E-state index in [9.17, 15) is 13.2 Å². The summed E-state index contributed by atoms with van der Waals surface area (Å²) in [4.78, 5) is 14.1. The van der Waals surface area contributed by atoms with E-state index in [2.05, 4.69) is 0 Å². The van der Waals surface area contributed by atoms with Crippen LogP contribution in [0.5, 0.6) is 0 Å². The molecule has 0 aromatic heterocycles. The molecule has 0 N–H and O–H groups in total. The quantitative estimate of drug-likeness (QED) is 0.794. The molecule has 1 aliphatic rings. The van der Waals surface area contributed by atoms with Crippen molar-refractivity contribution in [1.29, 1.82) is 0 Å². The fraction of sp³-hybridized carbons (Fsp3) is 0.929. The SMILES string of the molecule is CCCCS(=O)(=O)N1CCCN(C(=O)C(C)(C)C)CC1. The number of hydrogen-bond donors (Lipinski definition) is 0. The molecule has 0 radical (unpaired) electrons. The van der Waals surface area contributed by atoms with E-state index >= 15 is 0 Å². The highest BCUT2D eigenvalue weighted by Crippen LogP contribution is 2.19. The van der Waals surface area contributed by atoms with Crippen LogP contribution in [0.15, 0.2) is 0 Å². The summed E-state index contributed by atoms with van der Waals surface area (Å²) in [6.45, 7) is 9.79. The lowest BCUT2D eigenvalue weighted by Gasteiger charge is -2.28. The molecule has 118 valence electrons. The zero-order valence-electron chi connectivity index (χ0n) is 13.2. The maximum Gasteiger partial charge on any atom is 0.227 e. The van der Waals surface area contributed by atoms with E-state index < -0.39 is 15.4 Å². The predicted octanol–water partition coefficient (Wildman–Crippen LogP) is 1.70. The molecule has 0 atom stereocenters. The molecule has 0 aromatic carbocycles. The van der Waals surface area contributed by atoms with Gasteiger partial charge in [-0.05, 0) is 12.8 Å². The van der Waals surface area contributed by atoms with Crippen LogP contribution in [0.3, 0.4) is 0 Å². The Morgan fingerprint density at radius 1 is 1.10 bits per heavy atom. The molecule has 20 heavy (non-hydrogen) atoms. The molecule has 1 aliphatic heterocycles. The molecule has 0 aromatic rings. The fourth-order valence-electron chi connectivity index (χ4n) is 2.31. The number of rotatable bonds is 4. The third-order valence-corrected chi connectivity index (χ3v) is 5.49. The van der Waals surface area contributed by atoms with Crippen molar-refractivity contribution < 1.29 is 13.2 Å². The summed E-state index contributed by atoms with van der Waals surface area (Å²) in [7, 11) is -3.16. The lowest BCUT2D eigenvalue weighted by Crippen LogP contribution is -2.42. The molecule has 1 saturated heterocycles. The van der Waals surface area contributed by atoms with Gasteiger partial charge >= 0.3 is 0 Å². The van der Waals surface area contributed by atoms with Gasteiger partial charge in [0.15, 0.2) is 0 Å². The van der Waals surface area contributed by atoms with Crippen LogP contribution < -0.4 is 0 Å². The molecule has 0 saturated carbocycles. The Kier molecular flexibility index (Phi) is 6.01. The van der Waals surface area contributed by atoms with Gasteiger partial charge in [0.1, 0.15) is 0 Å². The van der Waals surface area contributed by atoms with E-state index in [1.807, 2.05) is 27.7 Å². The zero-order chi connectivity index (χ0) is 15.4. The summed E-state index contributed by atoms with van der Waals surface area (Å²) in [5.41, 5.74) is -0.406. The van der Waals surface area contributed by atoms with Crippen LogP contribution in [0.25, 0.3) is 0 Å². The number of unbranched alkanes of at least 4 members (excludes halogenated alkanes) is 1. The summed E-state index contributed by atoms with van der Waals surface area (Å²) in [6, 6.07) is 0. The maximum atomic E-state index is 12.3. The van der Waals surface area contributed by atoms with Gasteiger partial charge in [-0.1, -0.05) is 34.1 Å². The number of amides is 1. The highest BCUT2D eigenvalue weighted by atomic mass is 32.2. The molecule has 0 bridgehead atoms. The van der Waals surface area contributed by atoms with Gasteiger partial charge in [-0.25, -0.2) is 12.7 Å². The van der Waals surface area contributed by atoms with Gasteiger partial charge < -0.3 is 4.90 Å². The smallest absolute Gasteiger partial charge is 0.227 e. The van der Waals surface area contributed by atoms with Crippen LogP contribution >= 0.6 is 0 Å². The summed E-state index contributed by atoms with van der Waals surface area (Å²) in [5.74, 6) is 0.321. The van der Waals surface area contributed by atoms with E-state index in [1.54, 1.807) is 9.21 Å². The van der Waals surface area contributed by atoms with Crippen molar-refractivity contribution in [1.82, 2.24) is 9.21 Å². The lowest BCUT2D eigenvalue weighted by molar-refractivity contribution is -0.139. The monoisotopic (exact) mass is 304 g/mol. The van der Waals surface area contributed by atoms with Crippen molar-refractivity contribution in [3.05, 3.63) is 0 Å². The number of nitrogens with zero attached hydrogens (tertiary/aromatic N) is 2. The van der Waals surface area contributed by atoms with E-state index in [1.165, 1.54) is 0 Å². The molecule has 1 heterocycles. The fourth-order valence-corrected chi connectivity index (χ4v) is 3.98. The largest absolute Gasteiger partial charge is 0.341 e. The first kappa shape index (κ1) is 17.4. The first-order valence-electron chi connectivity index (χ1n) is 7.45. The molecule has 6 heteroatoms. The number of hydrogen-bond acceptors (Lipinski definition) is 3. The average molecular weight is 304 g/mol. The van der Waals surface area contributed by atoms with Gasteiger partial charge in [0.05, 0.1) is 5.75 Å². The van der Waals surface area contributed by atoms with Crippen molar-refractivity contribution in [3.63, 3.8) is 0 Å². The zero-order valence-corrected chi connectivity index (χ0v) is 14.0. The normalized spacial score (nSPS) is 18.9. The Hall–Kier alpha value is -0.620. The Morgan fingerprint density at radius 2 is 1.75 bits per heavy atom. The van der Waals surface area contributed by atoms with Crippen molar-refractivity contribution in [2.75, 3.05) is 31.9 Å². The maximum absolute atomic E-state index is 12.3. The molecule has 1 rings (SSSR count). The van der Waals surface area contributed by atoms with Crippen LogP contribution in [0.4, 0.5) is 0 Å². The summed E-state index contributed by atoms with van der Waals surface area (Å²) < 4.78 is 25.9. The molecule has 0 unspecified atom stereocenters. The van der Waals surface area contributed by atoms with Crippen molar-refractivity contribution in [2.45, 2.75) is 47.0 Å². The molecule has 5 nitrogen and oxygen atoms in total. The molecule has 1 fully saturated rings. The topological polar surface area (TPSA) is 57.7 Å². The first-order chi connectivity index (χ1) is 9.18. The van der Waals surface area contributed by atoms with Crippen LogP contribution in [-0.4, -0.2) is 55.5 Å². The van der Waals surface area contributed by atoms with E-state index in [0.717, 1.165) is 6.42 Å². The molecule has 0 spiro atoms. The Bertz CT molecular complexity index is 426. The van der Waals surface area contributed by atoms with Gasteiger partial charge in [0, 0.05) is 31.6 Å². The van der Waals surface area contributed by atoms with Crippen LogP contribution in [0.1, 0.15) is 47.0 Å². The third-order valence-electron chi connectivity index (χ3n) is 3.53. The van der Waals surface area contributed by atoms with Gasteiger partial charge in [-0.15, -0.1) is 0 Å². The van der Waals surface area contributed by atoms with Crippen molar-refractivity contribution >= 4 is 15.9 Å². The number of sulfonamides is 1. The standard InChI is InChI=1S/C14H28N2O3S/c1-5-6-12-20(18,19)16-9-7-8-15(10-11-16)13(17)14(2,3)4/h5-12H2,1-4H3. The van der Waals surface area contributed by atoms with Gasteiger partial charge in [-0.2, -0.15) is 0 Å². The minimum atomic E-state index is -3.16. The molecule has 0 aliphatic carbocycles. The third kappa shape index (κ3) is 4.74. The van der Waals surface area contributed by atoms with Crippen molar-refractivity contribution in [2.24, 2.45) is 5.41 Å². The highest BCUT2D eigenvalue weighted by Gasteiger charge is 2.30. The number of carbonyl (C=O) groups excluding carboxylic acids is 1. The van der Waals surface area contributed by atoms with Gasteiger partial charge in [-0.3, -0.25) is 4.79 Å². The average Bonchev–Trinajstić information content (AvgIpc) is 2.60. The second-order valence-electron chi connectivity index (χ2n) is 6.46. The molecular weight excluding hydrogens is 276 g/mol. The minimum Gasteiger partial charge on any atom is -0.341 e. The van der Waals surface area contributed by atoms with Gasteiger partial charge in [0.2, 0.25) is 15.9 Å². The van der Waals surface area contributed by atoms with Crippen LogP contribution in [-0.2, 0) is 14.8 Å². The molecule has 1 amide bonds. The van der Waals surface area contributed by atoms with Crippen LogP contribution in [0, 0.1) is 5.41 Å². The Labute approximate surface area is 123 Å². The summed E-state index contributed by atoms with van der Waals surface area (Å²) in [5, 5.41) is 0. The summed E-state index contributed by atoms with van der Waals surface area (Å²) >= 11 is 0. The second kappa shape index (κ2) is 6.89. The van der Waals surface area contributed by atoms with Gasteiger partial charge in [0.25, 0.3) is 0 Å². The summed E-state index contributed by atoms with van der Waals surface area (Å²) in [6.07, 6.45) is 2.29. The first-order valence-corrected chi connectivity index (χ1v) is 9.06. The van der Waals surface area contributed by atoms with E-state index in [0.29, 0.717) is 39.0 Å². The predicted molar refractivity (Wildman–Crippen MR) is 80.9 cm³/mol. The van der Waals surface area contributed by atoms with Crippen LogP contribution in [0.2, 0.25) is 0 Å². The lowest BCUT2D eigenvalue weighted by atomic mass is 9.94. The number of carbonyl (C=O) groups is 1.